The number of likely N-dealkylation sites (tertiary alicyclic amines) is 1. The Bertz CT molecular complexity index is 1370. The predicted molar refractivity (Wildman–Crippen MR) is 161 cm³/mol. The summed E-state index contributed by atoms with van der Waals surface area (Å²) in [7, 11) is 0. The number of amides is 3. The fraction of sp³-hybridized carbons (Fsp3) is 0.531. The smallest absolute Gasteiger partial charge is 0.405 e. The molecule has 2 aromatic rings. The second-order valence-corrected chi connectivity index (χ2v) is 11.9. The van der Waals surface area contributed by atoms with Crippen molar-refractivity contribution in [3.8, 4) is 11.5 Å². The van der Waals surface area contributed by atoms with Crippen molar-refractivity contribution < 1.29 is 42.1 Å². The molecule has 2 fully saturated rings. The highest BCUT2D eigenvalue weighted by Gasteiger charge is 2.37. The van der Waals surface area contributed by atoms with Crippen LogP contribution in [0.15, 0.2) is 48.5 Å². The minimum atomic E-state index is -4.65. The van der Waals surface area contributed by atoms with Gasteiger partial charge in [-0.2, -0.15) is 13.2 Å². The molecule has 3 aliphatic heterocycles. The molecule has 3 amide bonds. The number of carbonyl (C=O) groups excluding carboxylic acids is 3. The molecule has 0 spiro atoms. The van der Waals surface area contributed by atoms with Crippen molar-refractivity contribution >= 4 is 17.7 Å². The van der Waals surface area contributed by atoms with E-state index in [1.807, 2.05) is 11.4 Å². The van der Waals surface area contributed by atoms with E-state index in [-0.39, 0.29) is 32.4 Å². The molecule has 0 radical (unpaired) electrons. The number of ether oxygens (including phenoxy) is 2. The van der Waals surface area contributed by atoms with Gasteiger partial charge in [0.1, 0.15) is 30.1 Å². The van der Waals surface area contributed by atoms with Crippen molar-refractivity contribution in [2.45, 2.75) is 69.2 Å². The number of nitrogens with one attached hydrogen (secondary N) is 3. The third-order valence-electron chi connectivity index (χ3n) is 8.42. The molecule has 4 N–H and O–H groups in total. The maximum atomic E-state index is 14.0. The summed E-state index contributed by atoms with van der Waals surface area (Å²) in [5, 5.41) is 17.9. The predicted octanol–water partition coefficient (Wildman–Crippen LogP) is 2.08. The lowest BCUT2D eigenvalue weighted by atomic mass is 10.0. The average molecular weight is 648 g/mol. The van der Waals surface area contributed by atoms with E-state index in [1.165, 1.54) is 4.90 Å². The summed E-state index contributed by atoms with van der Waals surface area (Å²) in [6.07, 6.45) is -2.59. The molecule has 0 saturated carbocycles. The Kier molecular flexibility index (Phi) is 11.1. The molecule has 0 aliphatic carbocycles. The fourth-order valence-electron chi connectivity index (χ4n) is 6.03. The van der Waals surface area contributed by atoms with E-state index in [4.69, 9.17) is 9.47 Å². The Balaban J connectivity index is 1.49. The Labute approximate surface area is 265 Å². The molecule has 4 atom stereocenters. The van der Waals surface area contributed by atoms with Gasteiger partial charge in [0.05, 0.1) is 12.6 Å². The number of hydrogen-bond donors (Lipinski definition) is 4. The van der Waals surface area contributed by atoms with E-state index in [9.17, 15) is 32.7 Å². The highest BCUT2D eigenvalue weighted by atomic mass is 19.4. The summed E-state index contributed by atoms with van der Waals surface area (Å²) < 4.78 is 50.4. The van der Waals surface area contributed by atoms with E-state index in [0.717, 1.165) is 37.9 Å². The van der Waals surface area contributed by atoms with Crippen molar-refractivity contribution in [2.75, 3.05) is 39.3 Å². The summed E-state index contributed by atoms with van der Waals surface area (Å²) in [4.78, 5) is 44.6. The van der Waals surface area contributed by atoms with E-state index in [1.54, 1.807) is 42.5 Å². The highest BCUT2D eigenvalue weighted by molar-refractivity contribution is 5.93. The van der Waals surface area contributed by atoms with E-state index in [0.29, 0.717) is 23.6 Å². The van der Waals surface area contributed by atoms with Crippen molar-refractivity contribution in [2.24, 2.45) is 0 Å². The lowest BCUT2D eigenvalue weighted by Crippen LogP contribution is -2.58. The molecular weight excluding hydrogens is 607 g/mol. The van der Waals surface area contributed by atoms with Crippen molar-refractivity contribution in [3.63, 3.8) is 0 Å². The average Bonchev–Trinajstić information content (AvgIpc) is 3.45. The van der Waals surface area contributed by atoms with Gasteiger partial charge in [0, 0.05) is 19.5 Å². The van der Waals surface area contributed by atoms with E-state index in [2.05, 4.69) is 15.5 Å². The van der Waals surface area contributed by atoms with Gasteiger partial charge in [-0.1, -0.05) is 30.7 Å². The second kappa shape index (κ2) is 15.2. The van der Waals surface area contributed by atoms with Crippen molar-refractivity contribution in [1.29, 1.82) is 0 Å². The quantitative estimate of drug-likeness (QED) is 0.375. The monoisotopic (exact) mass is 647 g/mol. The SMILES string of the molecule is O=C1N[C@@H](CCN2CCCCC2)C(=O)N[C@H](C(=O)NCC(F)(F)F)Cc2cccc(c2)Oc2cccc(c2)CC1N1CCOC1O. The van der Waals surface area contributed by atoms with Gasteiger partial charge in [-0.05, 0) is 74.2 Å². The van der Waals surface area contributed by atoms with Gasteiger partial charge in [0.15, 0.2) is 0 Å². The van der Waals surface area contributed by atoms with Gasteiger partial charge in [-0.3, -0.25) is 14.4 Å². The Morgan fingerprint density at radius 3 is 2.24 bits per heavy atom. The number of benzene rings is 2. The number of hydrogen-bond acceptors (Lipinski definition) is 8. The number of fused-ring (bicyclic) bond motifs is 4. The van der Waals surface area contributed by atoms with Gasteiger partial charge in [0.2, 0.25) is 24.1 Å². The van der Waals surface area contributed by atoms with E-state index >= 15 is 0 Å². The third-order valence-corrected chi connectivity index (χ3v) is 8.42. The number of aliphatic hydroxyl groups is 1. The van der Waals surface area contributed by atoms with Crippen LogP contribution in [0.25, 0.3) is 0 Å². The van der Waals surface area contributed by atoms with Crippen LogP contribution in [0.3, 0.4) is 0 Å². The Morgan fingerprint density at radius 2 is 1.61 bits per heavy atom. The zero-order chi connectivity index (χ0) is 32.7. The third kappa shape index (κ3) is 9.41. The molecule has 2 unspecified atom stereocenters. The minimum absolute atomic E-state index is 0.126. The first kappa shape index (κ1) is 33.6. The lowest BCUT2D eigenvalue weighted by Gasteiger charge is -2.32. The van der Waals surface area contributed by atoms with Crippen LogP contribution in [0.1, 0.15) is 36.8 Å². The summed E-state index contributed by atoms with van der Waals surface area (Å²) in [5.41, 5.74) is 1.29. The standard InChI is InChI=1S/C32H40F3N5O6/c33-32(34,35)20-36-28(41)26-18-21-6-4-8-23(16-21)46-24-9-5-7-22(17-24)19-27(40-14-15-45-31(40)44)30(43)37-25(29(42)38-26)10-13-39-11-2-1-3-12-39/h4-9,16-17,25-27,31,44H,1-3,10-15,18-20H2,(H,36,41)(H,37,43)(H,38,42)/t25-,26-,27?,31?/m0/s1. The van der Waals surface area contributed by atoms with Crippen LogP contribution in [0.5, 0.6) is 11.5 Å². The van der Waals surface area contributed by atoms with Crippen LogP contribution in [0, 0.1) is 0 Å². The van der Waals surface area contributed by atoms with Crippen molar-refractivity contribution in [3.05, 3.63) is 59.7 Å². The van der Waals surface area contributed by atoms with Crippen molar-refractivity contribution in [1.82, 2.24) is 25.8 Å². The number of carbonyl (C=O) groups is 3. The number of halogens is 3. The molecule has 14 heteroatoms. The molecule has 3 heterocycles. The minimum Gasteiger partial charge on any atom is -0.457 e. The first-order valence-corrected chi connectivity index (χ1v) is 15.6. The highest BCUT2D eigenvalue weighted by Crippen LogP contribution is 2.26. The number of nitrogens with zero attached hydrogens (tertiary/aromatic N) is 2. The molecule has 4 bridgehead atoms. The number of aliphatic hydroxyl groups excluding tert-OH is 1. The van der Waals surface area contributed by atoms with Crippen LogP contribution in [0.2, 0.25) is 0 Å². The Morgan fingerprint density at radius 1 is 0.935 bits per heavy atom. The van der Waals surface area contributed by atoms with Crippen LogP contribution in [-0.2, 0) is 32.0 Å². The molecular formula is C32H40F3N5O6. The molecule has 11 nitrogen and oxygen atoms in total. The van der Waals surface area contributed by atoms with Crippen LogP contribution in [-0.4, -0.2) is 103 Å². The lowest BCUT2D eigenvalue weighted by molar-refractivity contribution is -0.157. The van der Waals surface area contributed by atoms with Crippen LogP contribution < -0.4 is 20.7 Å². The molecule has 250 valence electrons. The molecule has 0 aromatic heterocycles. The maximum absolute atomic E-state index is 14.0. The summed E-state index contributed by atoms with van der Waals surface area (Å²) in [5.74, 6) is -1.35. The zero-order valence-electron chi connectivity index (χ0n) is 25.4. The second-order valence-electron chi connectivity index (χ2n) is 11.9. The molecule has 5 rings (SSSR count). The normalized spacial score (nSPS) is 25.3. The number of piperidine rings is 1. The van der Waals surface area contributed by atoms with Gasteiger partial charge < -0.3 is 35.4 Å². The van der Waals surface area contributed by atoms with Gasteiger partial charge >= 0.3 is 6.18 Å². The summed E-state index contributed by atoms with van der Waals surface area (Å²) in [6.45, 7) is 1.10. The molecule has 2 saturated heterocycles. The number of alkyl halides is 3. The summed E-state index contributed by atoms with van der Waals surface area (Å²) >= 11 is 0. The molecule has 2 aromatic carbocycles. The first-order chi connectivity index (χ1) is 22.0. The summed E-state index contributed by atoms with van der Waals surface area (Å²) in [6, 6.07) is 10.4. The van der Waals surface area contributed by atoms with E-state index < -0.39 is 55.0 Å². The first-order valence-electron chi connectivity index (χ1n) is 15.6. The van der Waals surface area contributed by atoms with Crippen LogP contribution >= 0.6 is 0 Å². The topological polar surface area (TPSA) is 132 Å². The Hall–Kier alpha value is -3.72. The molecule has 46 heavy (non-hydrogen) atoms. The van der Waals surface area contributed by atoms with Gasteiger partial charge in [0.25, 0.3) is 0 Å². The van der Waals surface area contributed by atoms with Crippen LogP contribution in [0.4, 0.5) is 13.2 Å². The van der Waals surface area contributed by atoms with Gasteiger partial charge in [-0.15, -0.1) is 0 Å². The molecule has 3 aliphatic rings. The zero-order valence-corrected chi connectivity index (χ0v) is 25.4. The van der Waals surface area contributed by atoms with Gasteiger partial charge in [-0.25, -0.2) is 4.90 Å². The maximum Gasteiger partial charge on any atom is 0.405 e. The number of rotatable bonds is 6. The fourth-order valence-corrected chi connectivity index (χ4v) is 6.03. The largest absolute Gasteiger partial charge is 0.457 e.